The summed E-state index contributed by atoms with van der Waals surface area (Å²) >= 11 is 0. The highest BCUT2D eigenvalue weighted by Gasteiger charge is 2.04. The van der Waals surface area contributed by atoms with E-state index in [0.717, 1.165) is 22.2 Å². The predicted molar refractivity (Wildman–Crippen MR) is 66.2 cm³/mol. The number of H-pyrrole nitrogens is 1. The molecule has 0 atom stereocenters. The lowest BCUT2D eigenvalue weighted by Gasteiger charge is -1.95. The summed E-state index contributed by atoms with van der Waals surface area (Å²) < 4.78 is 12.7. The summed E-state index contributed by atoms with van der Waals surface area (Å²) in [5.74, 6) is -0.458. The van der Waals surface area contributed by atoms with E-state index in [1.54, 1.807) is 6.07 Å². The molecule has 0 saturated carbocycles. The van der Waals surface area contributed by atoms with Crippen LogP contribution < -0.4 is 0 Å². The Labute approximate surface area is 98.1 Å². The summed E-state index contributed by atoms with van der Waals surface area (Å²) in [7, 11) is 0. The Balaban J connectivity index is 2.14. The van der Waals surface area contributed by atoms with Crippen LogP contribution in [-0.2, 0) is 0 Å². The van der Waals surface area contributed by atoms with Gasteiger partial charge in [0.1, 0.15) is 0 Å². The zero-order valence-corrected chi connectivity index (χ0v) is 9.37. The van der Waals surface area contributed by atoms with Crippen molar-refractivity contribution in [3.8, 4) is 11.3 Å². The molecule has 0 aliphatic rings. The molecule has 0 spiro atoms. The molecule has 3 aromatic rings. The summed E-state index contributed by atoms with van der Waals surface area (Å²) in [5.41, 5.74) is 4.15. The monoisotopic (exact) mass is 226 g/mol. The molecule has 0 amide bonds. The quantitative estimate of drug-likeness (QED) is 0.630. The third-order valence-electron chi connectivity index (χ3n) is 2.81. The fourth-order valence-electron chi connectivity index (χ4n) is 1.94. The molecule has 2 heterocycles. The molecule has 0 aliphatic heterocycles. The lowest BCUT2D eigenvalue weighted by atomic mass is 10.1. The minimum atomic E-state index is -0.458. The molecule has 0 unspecified atom stereocenters. The van der Waals surface area contributed by atoms with Crippen molar-refractivity contribution < 1.29 is 4.39 Å². The number of nitrogens with one attached hydrogen (secondary N) is 1. The Bertz CT molecular complexity index is 668. The second-order valence-electron chi connectivity index (χ2n) is 4.14. The van der Waals surface area contributed by atoms with Crippen molar-refractivity contribution in [1.29, 1.82) is 0 Å². The number of halogens is 1. The first-order valence-corrected chi connectivity index (χ1v) is 5.44. The van der Waals surface area contributed by atoms with E-state index in [0.29, 0.717) is 0 Å². The number of nitrogens with zero attached hydrogens (tertiary/aromatic N) is 1. The molecule has 84 valence electrons. The van der Waals surface area contributed by atoms with Gasteiger partial charge in [-0.3, -0.25) is 0 Å². The molecule has 3 heteroatoms. The van der Waals surface area contributed by atoms with Crippen molar-refractivity contribution >= 4 is 10.9 Å². The Kier molecular flexibility index (Phi) is 2.18. The number of pyridine rings is 1. The van der Waals surface area contributed by atoms with Gasteiger partial charge in [0.15, 0.2) is 0 Å². The predicted octanol–water partition coefficient (Wildman–Crippen LogP) is 3.68. The van der Waals surface area contributed by atoms with E-state index in [1.165, 1.54) is 17.8 Å². The van der Waals surface area contributed by atoms with Crippen molar-refractivity contribution in [2.24, 2.45) is 0 Å². The van der Waals surface area contributed by atoms with Crippen LogP contribution in [0.1, 0.15) is 5.56 Å². The maximum Gasteiger partial charge on any atom is 0.212 e. The molecule has 0 radical (unpaired) electrons. The summed E-state index contributed by atoms with van der Waals surface area (Å²) in [4.78, 5) is 6.95. The lowest BCUT2D eigenvalue weighted by molar-refractivity contribution is 0.584. The van der Waals surface area contributed by atoms with Gasteiger partial charge in [-0.15, -0.1) is 0 Å². The first-order chi connectivity index (χ1) is 8.22. The van der Waals surface area contributed by atoms with Gasteiger partial charge < -0.3 is 4.98 Å². The first kappa shape index (κ1) is 10.0. The number of benzene rings is 1. The van der Waals surface area contributed by atoms with Crippen LogP contribution in [0.3, 0.4) is 0 Å². The molecule has 0 aliphatic carbocycles. The maximum atomic E-state index is 12.7. The van der Waals surface area contributed by atoms with Gasteiger partial charge in [-0.05, 0) is 37.3 Å². The van der Waals surface area contributed by atoms with E-state index in [1.807, 2.05) is 6.07 Å². The zero-order chi connectivity index (χ0) is 11.8. The Morgan fingerprint density at radius 3 is 2.76 bits per heavy atom. The third-order valence-corrected chi connectivity index (χ3v) is 2.81. The molecule has 1 N–H and O–H groups in total. The van der Waals surface area contributed by atoms with E-state index in [4.69, 9.17) is 0 Å². The van der Waals surface area contributed by atoms with Crippen LogP contribution in [0.4, 0.5) is 4.39 Å². The van der Waals surface area contributed by atoms with Gasteiger partial charge in [-0.2, -0.15) is 4.39 Å². The van der Waals surface area contributed by atoms with Crippen LogP contribution in [0.2, 0.25) is 0 Å². The zero-order valence-electron chi connectivity index (χ0n) is 9.37. The SMILES string of the molecule is Cc1ccc2[nH]c(-c3ccc(F)nc3)cc2c1. The molecule has 3 rings (SSSR count). The van der Waals surface area contributed by atoms with Crippen LogP contribution in [0.5, 0.6) is 0 Å². The molecule has 17 heavy (non-hydrogen) atoms. The van der Waals surface area contributed by atoms with Crippen molar-refractivity contribution in [3.63, 3.8) is 0 Å². The summed E-state index contributed by atoms with van der Waals surface area (Å²) in [5, 5.41) is 1.16. The second-order valence-corrected chi connectivity index (χ2v) is 4.14. The van der Waals surface area contributed by atoms with Crippen molar-refractivity contribution in [2.45, 2.75) is 6.92 Å². The average molecular weight is 226 g/mol. The number of aromatic amines is 1. The van der Waals surface area contributed by atoms with Gasteiger partial charge in [0.2, 0.25) is 5.95 Å². The highest BCUT2D eigenvalue weighted by Crippen LogP contribution is 2.24. The molecule has 0 saturated heterocycles. The molecule has 0 bridgehead atoms. The topological polar surface area (TPSA) is 28.7 Å². The fraction of sp³-hybridized carbons (Fsp3) is 0.0714. The Hall–Kier alpha value is -2.16. The van der Waals surface area contributed by atoms with Crippen LogP contribution in [0.25, 0.3) is 22.2 Å². The third kappa shape index (κ3) is 1.80. The van der Waals surface area contributed by atoms with Gasteiger partial charge in [0.05, 0.1) is 0 Å². The summed E-state index contributed by atoms with van der Waals surface area (Å²) in [6, 6.07) is 11.4. The standard InChI is InChI=1S/C14H11FN2/c1-9-2-4-12-11(6-9)7-13(17-12)10-3-5-14(15)16-8-10/h2-8,17H,1H3. The number of rotatable bonds is 1. The van der Waals surface area contributed by atoms with E-state index >= 15 is 0 Å². The van der Waals surface area contributed by atoms with E-state index < -0.39 is 5.95 Å². The molecule has 2 nitrogen and oxygen atoms in total. The molecular weight excluding hydrogens is 215 g/mol. The van der Waals surface area contributed by atoms with E-state index in [9.17, 15) is 4.39 Å². The highest BCUT2D eigenvalue weighted by atomic mass is 19.1. The van der Waals surface area contributed by atoms with Gasteiger partial charge in [0.25, 0.3) is 0 Å². The smallest absolute Gasteiger partial charge is 0.212 e. The van der Waals surface area contributed by atoms with Gasteiger partial charge in [-0.1, -0.05) is 11.6 Å². The molecule has 0 fully saturated rings. The van der Waals surface area contributed by atoms with Crippen molar-refractivity contribution in [1.82, 2.24) is 9.97 Å². The number of aromatic nitrogens is 2. The second kappa shape index (κ2) is 3.70. The Morgan fingerprint density at radius 2 is 2.00 bits per heavy atom. The van der Waals surface area contributed by atoms with Crippen molar-refractivity contribution in [2.75, 3.05) is 0 Å². The van der Waals surface area contributed by atoms with E-state index in [-0.39, 0.29) is 0 Å². The molecular formula is C14H11FN2. The molecule has 1 aromatic carbocycles. The van der Waals surface area contributed by atoms with Crippen LogP contribution >= 0.6 is 0 Å². The summed E-state index contributed by atoms with van der Waals surface area (Å²) in [6.07, 6.45) is 1.53. The molecule has 2 aromatic heterocycles. The van der Waals surface area contributed by atoms with E-state index in [2.05, 4.69) is 35.1 Å². The fourth-order valence-corrected chi connectivity index (χ4v) is 1.94. The first-order valence-electron chi connectivity index (χ1n) is 5.44. The summed E-state index contributed by atoms with van der Waals surface area (Å²) in [6.45, 7) is 2.06. The Morgan fingerprint density at radius 1 is 1.12 bits per heavy atom. The number of fused-ring (bicyclic) bond motifs is 1. The average Bonchev–Trinajstić information content (AvgIpc) is 2.72. The van der Waals surface area contributed by atoms with Crippen LogP contribution in [-0.4, -0.2) is 9.97 Å². The van der Waals surface area contributed by atoms with Gasteiger partial charge in [-0.25, -0.2) is 4.98 Å². The van der Waals surface area contributed by atoms with Crippen LogP contribution in [0.15, 0.2) is 42.6 Å². The maximum absolute atomic E-state index is 12.7. The lowest BCUT2D eigenvalue weighted by Crippen LogP contribution is -1.83. The van der Waals surface area contributed by atoms with Gasteiger partial charge >= 0.3 is 0 Å². The van der Waals surface area contributed by atoms with Gasteiger partial charge in [0, 0.05) is 28.4 Å². The minimum Gasteiger partial charge on any atom is -0.354 e. The van der Waals surface area contributed by atoms with Crippen LogP contribution in [0, 0.1) is 12.9 Å². The highest BCUT2D eigenvalue weighted by molar-refractivity contribution is 5.86. The number of hydrogen-bond acceptors (Lipinski definition) is 1. The minimum absolute atomic E-state index is 0.458. The van der Waals surface area contributed by atoms with Crippen molar-refractivity contribution in [3.05, 3.63) is 54.1 Å². The number of aryl methyl sites for hydroxylation is 1. The number of hydrogen-bond donors (Lipinski definition) is 1. The largest absolute Gasteiger partial charge is 0.354 e. The normalized spacial score (nSPS) is 10.9.